The highest BCUT2D eigenvalue weighted by atomic mass is 16.5. The van der Waals surface area contributed by atoms with Gasteiger partial charge in [-0.1, -0.05) is 18.2 Å². The summed E-state index contributed by atoms with van der Waals surface area (Å²) in [5.41, 5.74) is 1.03. The minimum atomic E-state index is -0.00270. The molecule has 1 aromatic rings. The summed E-state index contributed by atoms with van der Waals surface area (Å²) in [6, 6.07) is 7.86. The van der Waals surface area contributed by atoms with Gasteiger partial charge in [0.05, 0.1) is 0 Å². The molecule has 0 bridgehead atoms. The molecule has 0 heterocycles. The fourth-order valence-corrected chi connectivity index (χ4v) is 1.94. The van der Waals surface area contributed by atoms with Crippen LogP contribution in [-0.4, -0.2) is 12.0 Å². The molecular formula is C13H17NO2. The third-order valence-corrected chi connectivity index (χ3v) is 3.12. The Kier molecular flexibility index (Phi) is 3.13. The van der Waals surface area contributed by atoms with E-state index < -0.39 is 0 Å². The van der Waals surface area contributed by atoms with Crippen LogP contribution in [-0.2, 0) is 11.3 Å². The van der Waals surface area contributed by atoms with Crippen LogP contribution < -0.4 is 10.1 Å². The van der Waals surface area contributed by atoms with Crippen LogP contribution in [0.2, 0.25) is 0 Å². The molecule has 0 saturated heterocycles. The van der Waals surface area contributed by atoms with Crippen molar-refractivity contribution < 1.29 is 9.53 Å². The molecule has 0 unspecified atom stereocenters. The van der Waals surface area contributed by atoms with Crippen LogP contribution in [0, 0.1) is 0 Å². The SMILES string of the molecule is CC1(Oc2ccccc2CNC=O)CCC1. The lowest BCUT2D eigenvalue weighted by Gasteiger charge is -2.39. The van der Waals surface area contributed by atoms with E-state index in [0.717, 1.165) is 24.2 Å². The molecule has 1 aliphatic rings. The molecule has 1 fully saturated rings. The molecular weight excluding hydrogens is 202 g/mol. The van der Waals surface area contributed by atoms with Gasteiger partial charge in [0.2, 0.25) is 6.41 Å². The Hall–Kier alpha value is -1.51. The Morgan fingerprint density at radius 2 is 2.19 bits per heavy atom. The van der Waals surface area contributed by atoms with Crippen molar-refractivity contribution in [3.8, 4) is 5.75 Å². The summed E-state index contributed by atoms with van der Waals surface area (Å²) >= 11 is 0. The lowest BCUT2D eigenvalue weighted by atomic mass is 9.82. The van der Waals surface area contributed by atoms with Gasteiger partial charge in [0.25, 0.3) is 0 Å². The van der Waals surface area contributed by atoms with Gasteiger partial charge in [0.1, 0.15) is 11.4 Å². The van der Waals surface area contributed by atoms with E-state index in [-0.39, 0.29) is 5.60 Å². The molecule has 0 atom stereocenters. The standard InChI is InChI=1S/C13H17NO2/c1-13(7-4-8-13)16-12-6-3-2-5-11(12)9-14-10-15/h2-3,5-6,10H,4,7-9H2,1H3,(H,14,15). The van der Waals surface area contributed by atoms with E-state index in [1.807, 2.05) is 24.3 Å². The number of carbonyl (C=O) groups excluding carboxylic acids is 1. The van der Waals surface area contributed by atoms with Crippen LogP contribution in [0.25, 0.3) is 0 Å². The summed E-state index contributed by atoms with van der Waals surface area (Å²) in [5.74, 6) is 0.888. The second kappa shape index (κ2) is 4.56. The molecule has 1 N–H and O–H groups in total. The lowest BCUT2D eigenvalue weighted by Crippen LogP contribution is -2.39. The highest BCUT2D eigenvalue weighted by Gasteiger charge is 2.34. The molecule has 3 nitrogen and oxygen atoms in total. The van der Waals surface area contributed by atoms with Gasteiger partial charge in [-0.05, 0) is 32.3 Å². The number of benzene rings is 1. The van der Waals surface area contributed by atoms with Crippen molar-refractivity contribution in [2.24, 2.45) is 0 Å². The minimum absolute atomic E-state index is 0.00270. The number of carbonyl (C=O) groups is 1. The van der Waals surface area contributed by atoms with Crippen molar-refractivity contribution in [3.05, 3.63) is 29.8 Å². The van der Waals surface area contributed by atoms with Gasteiger partial charge in [0, 0.05) is 12.1 Å². The second-order valence-electron chi connectivity index (χ2n) is 4.51. The van der Waals surface area contributed by atoms with Crippen LogP contribution in [0.15, 0.2) is 24.3 Å². The molecule has 0 aliphatic heterocycles. The molecule has 1 amide bonds. The fourth-order valence-electron chi connectivity index (χ4n) is 1.94. The van der Waals surface area contributed by atoms with Gasteiger partial charge in [-0.2, -0.15) is 0 Å². The molecule has 1 aliphatic carbocycles. The number of rotatable bonds is 5. The van der Waals surface area contributed by atoms with Crippen LogP contribution in [0.3, 0.4) is 0 Å². The average Bonchev–Trinajstić information content (AvgIpc) is 2.26. The van der Waals surface area contributed by atoms with E-state index in [1.54, 1.807) is 0 Å². The zero-order valence-corrected chi connectivity index (χ0v) is 9.53. The van der Waals surface area contributed by atoms with Crippen LogP contribution in [0.5, 0.6) is 5.75 Å². The molecule has 0 spiro atoms. The van der Waals surface area contributed by atoms with E-state index in [0.29, 0.717) is 13.0 Å². The van der Waals surface area contributed by atoms with Gasteiger partial charge in [-0.15, -0.1) is 0 Å². The fraction of sp³-hybridized carbons (Fsp3) is 0.462. The summed E-state index contributed by atoms with van der Waals surface area (Å²) in [6.45, 7) is 2.66. The zero-order valence-electron chi connectivity index (χ0n) is 9.53. The van der Waals surface area contributed by atoms with Crippen molar-refractivity contribution in [1.29, 1.82) is 0 Å². The Morgan fingerprint density at radius 1 is 1.44 bits per heavy atom. The Bertz CT molecular complexity index is 372. The Morgan fingerprint density at radius 3 is 2.81 bits per heavy atom. The van der Waals surface area contributed by atoms with Crippen molar-refractivity contribution >= 4 is 6.41 Å². The largest absolute Gasteiger partial charge is 0.487 e. The van der Waals surface area contributed by atoms with Gasteiger partial charge in [-0.25, -0.2) is 0 Å². The summed E-state index contributed by atoms with van der Waals surface area (Å²) in [5, 5.41) is 2.67. The molecule has 1 aromatic carbocycles. The summed E-state index contributed by atoms with van der Waals surface area (Å²) in [7, 11) is 0. The topological polar surface area (TPSA) is 38.3 Å². The third-order valence-electron chi connectivity index (χ3n) is 3.12. The zero-order chi connectivity index (χ0) is 11.4. The number of ether oxygens (including phenoxy) is 1. The number of hydrogen-bond acceptors (Lipinski definition) is 2. The van der Waals surface area contributed by atoms with E-state index in [4.69, 9.17) is 4.74 Å². The first-order chi connectivity index (χ1) is 7.73. The number of nitrogens with one attached hydrogen (secondary N) is 1. The first-order valence-electron chi connectivity index (χ1n) is 5.67. The maximum Gasteiger partial charge on any atom is 0.207 e. The maximum absolute atomic E-state index is 10.3. The summed E-state index contributed by atoms with van der Waals surface area (Å²) in [4.78, 5) is 10.3. The summed E-state index contributed by atoms with van der Waals surface area (Å²) in [6.07, 6.45) is 4.18. The monoisotopic (exact) mass is 219 g/mol. The highest BCUT2D eigenvalue weighted by Crippen LogP contribution is 2.37. The number of hydrogen-bond donors (Lipinski definition) is 1. The van der Waals surface area contributed by atoms with E-state index in [2.05, 4.69) is 12.2 Å². The normalized spacial score (nSPS) is 17.3. The predicted octanol–water partition coefficient (Wildman–Crippen LogP) is 2.25. The Labute approximate surface area is 95.8 Å². The predicted molar refractivity (Wildman–Crippen MR) is 62.2 cm³/mol. The quantitative estimate of drug-likeness (QED) is 0.771. The molecule has 0 aromatic heterocycles. The minimum Gasteiger partial charge on any atom is -0.487 e. The van der Waals surface area contributed by atoms with Crippen molar-refractivity contribution in [3.63, 3.8) is 0 Å². The van der Waals surface area contributed by atoms with E-state index in [9.17, 15) is 4.79 Å². The second-order valence-corrected chi connectivity index (χ2v) is 4.51. The van der Waals surface area contributed by atoms with Crippen molar-refractivity contribution in [1.82, 2.24) is 5.32 Å². The average molecular weight is 219 g/mol. The highest BCUT2D eigenvalue weighted by molar-refractivity contribution is 5.47. The molecule has 1 saturated carbocycles. The maximum atomic E-state index is 10.3. The van der Waals surface area contributed by atoms with Crippen molar-refractivity contribution in [2.75, 3.05) is 0 Å². The van der Waals surface area contributed by atoms with E-state index >= 15 is 0 Å². The van der Waals surface area contributed by atoms with Crippen molar-refractivity contribution in [2.45, 2.75) is 38.3 Å². The third kappa shape index (κ3) is 2.35. The first kappa shape index (κ1) is 11.0. The van der Waals surface area contributed by atoms with Gasteiger partial charge >= 0.3 is 0 Å². The molecule has 0 radical (unpaired) electrons. The van der Waals surface area contributed by atoms with Gasteiger partial charge in [0.15, 0.2) is 0 Å². The van der Waals surface area contributed by atoms with Crippen LogP contribution in [0.1, 0.15) is 31.7 Å². The van der Waals surface area contributed by atoms with E-state index in [1.165, 1.54) is 6.42 Å². The number of amides is 1. The van der Waals surface area contributed by atoms with Gasteiger partial charge < -0.3 is 10.1 Å². The molecule has 86 valence electrons. The van der Waals surface area contributed by atoms with Gasteiger partial charge in [-0.3, -0.25) is 4.79 Å². The lowest BCUT2D eigenvalue weighted by molar-refractivity contribution is -0.109. The van der Waals surface area contributed by atoms with Crippen LogP contribution in [0.4, 0.5) is 0 Å². The smallest absolute Gasteiger partial charge is 0.207 e. The summed E-state index contributed by atoms with van der Waals surface area (Å²) < 4.78 is 6.01. The first-order valence-corrected chi connectivity index (χ1v) is 5.67. The molecule has 2 rings (SSSR count). The molecule has 3 heteroatoms. The van der Waals surface area contributed by atoms with Crippen LogP contribution >= 0.6 is 0 Å². The Balaban J connectivity index is 2.09. The number of para-hydroxylation sites is 1. The molecule has 16 heavy (non-hydrogen) atoms.